The number of rotatable bonds is 1. The highest BCUT2D eigenvalue weighted by atomic mass is 16.3. The van der Waals surface area contributed by atoms with E-state index in [1.165, 1.54) is 0 Å². The van der Waals surface area contributed by atoms with Crippen LogP contribution in [0.5, 0.6) is 0 Å². The quantitative estimate of drug-likeness (QED) is 0.585. The highest BCUT2D eigenvalue weighted by Gasteiger charge is 2.66. The van der Waals surface area contributed by atoms with Crippen LogP contribution in [0.2, 0.25) is 0 Å². The number of fused-ring (bicyclic) bond motifs is 2. The predicted octanol–water partition coefficient (Wildman–Crippen LogP) is 4.36. The molecule has 0 heterocycles. The van der Waals surface area contributed by atoms with Gasteiger partial charge in [0.05, 0.1) is 17.4 Å². The van der Waals surface area contributed by atoms with Crippen molar-refractivity contribution in [3.63, 3.8) is 0 Å². The first-order chi connectivity index (χ1) is 13.2. The fourth-order valence-corrected chi connectivity index (χ4v) is 7.03. The summed E-state index contributed by atoms with van der Waals surface area (Å²) in [6.45, 7) is 6.61. The Bertz CT molecular complexity index is 938. The van der Waals surface area contributed by atoms with Crippen molar-refractivity contribution < 1.29 is 14.7 Å². The van der Waals surface area contributed by atoms with Crippen LogP contribution in [0.15, 0.2) is 48.1 Å². The Morgan fingerprint density at radius 3 is 2.39 bits per heavy atom. The summed E-state index contributed by atoms with van der Waals surface area (Å²) in [7, 11) is 0. The lowest BCUT2D eigenvalue weighted by molar-refractivity contribution is -0.147. The average Bonchev–Trinajstić information content (AvgIpc) is 2.69. The van der Waals surface area contributed by atoms with Crippen molar-refractivity contribution in [2.75, 3.05) is 0 Å². The van der Waals surface area contributed by atoms with E-state index >= 15 is 0 Å². The van der Waals surface area contributed by atoms with E-state index in [-0.39, 0.29) is 28.5 Å². The van der Waals surface area contributed by atoms with E-state index < -0.39 is 11.3 Å². The Morgan fingerprint density at radius 1 is 0.964 bits per heavy atom. The van der Waals surface area contributed by atoms with E-state index in [1.54, 1.807) is 0 Å². The molecule has 146 valence electrons. The highest BCUT2D eigenvalue weighted by molar-refractivity contribution is 6.46. The molecule has 0 aromatic heterocycles. The summed E-state index contributed by atoms with van der Waals surface area (Å²) in [4.78, 5) is 26.3. The fourth-order valence-electron chi connectivity index (χ4n) is 7.03. The topological polar surface area (TPSA) is 54.4 Å². The van der Waals surface area contributed by atoms with Gasteiger partial charge in [0.2, 0.25) is 11.6 Å². The molecule has 2 fully saturated rings. The molecule has 1 aromatic carbocycles. The van der Waals surface area contributed by atoms with E-state index in [0.29, 0.717) is 12.3 Å². The van der Waals surface area contributed by atoms with Crippen molar-refractivity contribution in [2.24, 2.45) is 28.1 Å². The molecule has 5 aliphatic carbocycles. The van der Waals surface area contributed by atoms with Crippen LogP contribution in [0.4, 0.5) is 0 Å². The van der Waals surface area contributed by atoms with Gasteiger partial charge in [-0.1, -0.05) is 63.3 Å². The van der Waals surface area contributed by atoms with Gasteiger partial charge < -0.3 is 5.11 Å². The monoisotopic (exact) mass is 376 g/mol. The Labute approximate surface area is 166 Å². The van der Waals surface area contributed by atoms with Crippen LogP contribution in [0.1, 0.15) is 52.0 Å². The molecule has 0 radical (unpaired) electrons. The number of aliphatic hydroxyl groups is 1. The number of ketones is 2. The first-order valence-electron chi connectivity index (χ1n) is 10.5. The molecule has 2 bridgehead atoms. The first-order valence-corrected chi connectivity index (χ1v) is 10.5. The second kappa shape index (κ2) is 5.54. The molecule has 5 aliphatic rings. The maximum atomic E-state index is 13.5. The second-order valence-electron chi connectivity index (χ2n) is 10.0. The van der Waals surface area contributed by atoms with Gasteiger partial charge in [-0.2, -0.15) is 0 Å². The number of carbonyl (C=O) groups excluding carboxylic acids is 2. The molecule has 0 amide bonds. The van der Waals surface area contributed by atoms with E-state index in [4.69, 9.17) is 0 Å². The maximum absolute atomic E-state index is 13.5. The van der Waals surface area contributed by atoms with Crippen molar-refractivity contribution in [2.45, 2.75) is 52.6 Å². The van der Waals surface area contributed by atoms with Crippen LogP contribution in [-0.4, -0.2) is 22.8 Å². The molecule has 0 aliphatic heterocycles. The minimum absolute atomic E-state index is 0.163. The third-order valence-corrected chi connectivity index (χ3v) is 8.50. The van der Waals surface area contributed by atoms with Gasteiger partial charge in [0, 0.05) is 0 Å². The predicted molar refractivity (Wildman–Crippen MR) is 108 cm³/mol. The van der Waals surface area contributed by atoms with Crippen molar-refractivity contribution in [3.05, 3.63) is 53.6 Å². The third kappa shape index (κ3) is 1.98. The molecule has 5 atom stereocenters. The summed E-state index contributed by atoms with van der Waals surface area (Å²) < 4.78 is 0. The van der Waals surface area contributed by atoms with Gasteiger partial charge in [0.1, 0.15) is 0 Å². The number of allylic oxidation sites excluding steroid dienone is 4. The van der Waals surface area contributed by atoms with Crippen molar-refractivity contribution >= 4 is 17.1 Å². The summed E-state index contributed by atoms with van der Waals surface area (Å²) in [5.41, 5.74) is 2.07. The summed E-state index contributed by atoms with van der Waals surface area (Å²) >= 11 is 0. The van der Waals surface area contributed by atoms with Gasteiger partial charge in [-0.15, -0.1) is 0 Å². The molecular weight excluding hydrogens is 348 g/mol. The van der Waals surface area contributed by atoms with Crippen molar-refractivity contribution in [1.29, 1.82) is 0 Å². The number of Topliss-reactive ketones (excluding diaryl/α,β-unsaturated/α-hetero) is 2. The summed E-state index contributed by atoms with van der Waals surface area (Å²) in [5.74, 6) is -0.592. The zero-order chi connectivity index (χ0) is 19.9. The van der Waals surface area contributed by atoms with Gasteiger partial charge in [-0.25, -0.2) is 0 Å². The fraction of sp³-hybridized carbons (Fsp3) is 0.520. The Kier molecular flexibility index (Phi) is 3.57. The maximum Gasteiger partial charge on any atom is 0.213 e. The lowest BCUT2D eigenvalue weighted by Crippen LogP contribution is -2.61. The molecule has 1 N–H and O–H groups in total. The van der Waals surface area contributed by atoms with Gasteiger partial charge in [0.15, 0.2) is 0 Å². The van der Waals surface area contributed by atoms with E-state index in [1.807, 2.05) is 24.3 Å². The van der Waals surface area contributed by atoms with Crippen LogP contribution in [0, 0.1) is 28.1 Å². The minimum atomic E-state index is -0.809. The molecular formula is C25H28O3. The normalized spacial score (nSPS) is 41.1. The molecule has 1 spiro atoms. The smallest absolute Gasteiger partial charge is 0.213 e. The van der Waals surface area contributed by atoms with E-state index in [9.17, 15) is 14.7 Å². The summed E-state index contributed by atoms with van der Waals surface area (Å²) in [5, 5.41) is 10.7. The Balaban J connectivity index is 1.71. The molecule has 3 heteroatoms. The van der Waals surface area contributed by atoms with Crippen LogP contribution < -0.4 is 0 Å². The third-order valence-electron chi connectivity index (χ3n) is 8.50. The number of carbonyl (C=O) groups is 2. The first kappa shape index (κ1) is 18.1. The number of aliphatic hydroxyl groups excluding tert-OH is 1. The van der Waals surface area contributed by atoms with Crippen LogP contribution in [0.3, 0.4) is 0 Å². The summed E-state index contributed by atoms with van der Waals surface area (Å²) in [6, 6.07) is 10.1. The zero-order valence-electron chi connectivity index (χ0n) is 16.9. The zero-order valence-corrected chi connectivity index (χ0v) is 16.9. The number of hydrogen-bond donors (Lipinski definition) is 1. The lowest BCUT2D eigenvalue weighted by Gasteiger charge is -2.63. The molecule has 28 heavy (non-hydrogen) atoms. The number of benzene rings is 1. The minimum Gasteiger partial charge on any atom is -0.393 e. The van der Waals surface area contributed by atoms with Crippen LogP contribution in [-0.2, 0) is 9.59 Å². The van der Waals surface area contributed by atoms with E-state index in [0.717, 1.165) is 36.0 Å². The molecule has 3 nitrogen and oxygen atoms in total. The van der Waals surface area contributed by atoms with Crippen LogP contribution in [0.25, 0.3) is 5.57 Å². The highest BCUT2D eigenvalue weighted by Crippen LogP contribution is 2.69. The van der Waals surface area contributed by atoms with Gasteiger partial charge in [0.25, 0.3) is 0 Å². The average molecular weight is 376 g/mol. The van der Waals surface area contributed by atoms with Crippen LogP contribution >= 0.6 is 0 Å². The largest absolute Gasteiger partial charge is 0.393 e. The van der Waals surface area contributed by atoms with Gasteiger partial charge >= 0.3 is 0 Å². The lowest BCUT2D eigenvalue weighted by atomic mass is 9.40. The molecule has 1 aromatic rings. The van der Waals surface area contributed by atoms with Gasteiger partial charge in [-0.05, 0) is 59.1 Å². The molecule has 6 rings (SSSR count). The standard InChI is InChI=1S/C25H28O3/c1-23(2)18-9-12-25-17(15-7-5-4-6-8-15)13-16(21(27)22(25)28)14-19(25)24(18,3)11-10-20(23)26/h4-8,13-14,16,18,20,26H,9-12H2,1-3H3/t16-,18?,20?,24+,25+/m1/s1. The van der Waals surface area contributed by atoms with Crippen molar-refractivity contribution in [1.82, 2.24) is 0 Å². The van der Waals surface area contributed by atoms with Gasteiger partial charge in [-0.3, -0.25) is 9.59 Å². The Hall–Kier alpha value is -2.00. The van der Waals surface area contributed by atoms with E-state index in [2.05, 4.69) is 39.0 Å². The number of hydrogen-bond acceptors (Lipinski definition) is 3. The second-order valence-corrected chi connectivity index (χ2v) is 10.0. The molecule has 2 saturated carbocycles. The molecule has 0 saturated heterocycles. The molecule has 2 unspecified atom stereocenters. The van der Waals surface area contributed by atoms with Crippen molar-refractivity contribution in [3.8, 4) is 0 Å². The summed E-state index contributed by atoms with van der Waals surface area (Å²) in [6.07, 6.45) is 6.95. The SMILES string of the molecule is CC1(C)C(O)CC[C@]2(C)C3=C[C@H]4C=C(c5ccccc5)[C@]3(CCC12)C(=O)C4=O. The Morgan fingerprint density at radius 2 is 1.68 bits per heavy atom.